The highest BCUT2D eigenvalue weighted by Gasteiger charge is 2.14. The highest BCUT2D eigenvalue weighted by Crippen LogP contribution is 2.36. The van der Waals surface area contributed by atoms with Crippen LogP contribution in [0.4, 0.5) is 17.1 Å². The van der Waals surface area contributed by atoms with Crippen molar-refractivity contribution < 1.29 is 10.2 Å². The van der Waals surface area contributed by atoms with E-state index in [0.29, 0.717) is 0 Å². The highest BCUT2D eigenvalue weighted by molar-refractivity contribution is 5.77. The van der Waals surface area contributed by atoms with Gasteiger partial charge in [-0.1, -0.05) is 42.5 Å². The molecule has 3 nitrogen and oxygen atoms in total. The number of nitrogens with zero attached hydrogens (tertiary/aromatic N) is 1. The first-order valence-corrected chi connectivity index (χ1v) is 8.47. The summed E-state index contributed by atoms with van der Waals surface area (Å²) in [6, 6.07) is 25.8. The lowest BCUT2D eigenvalue weighted by molar-refractivity contribution is 0.199. The third kappa shape index (κ3) is 3.90. The van der Waals surface area contributed by atoms with Crippen LogP contribution in [-0.2, 0) is 0 Å². The van der Waals surface area contributed by atoms with Crippen molar-refractivity contribution in [1.82, 2.24) is 0 Å². The summed E-state index contributed by atoms with van der Waals surface area (Å²) in [5, 5.41) is 19.9. The number of aliphatic hydroxyl groups excluding tert-OH is 2. The Bertz CT molecular complexity index is 777. The van der Waals surface area contributed by atoms with Crippen molar-refractivity contribution in [2.24, 2.45) is 0 Å². The first-order valence-electron chi connectivity index (χ1n) is 8.47. The molecule has 0 bridgehead atoms. The van der Waals surface area contributed by atoms with E-state index in [1.165, 1.54) is 0 Å². The number of hydrogen-bond donors (Lipinski definition) is 2. The second kappa shape index (κ2) is 7.51. The molecule has 0 aromatic heterocycles. The van der Waals surface area contributed by atoms with Crippen LogP contribution in [0.2, 0.25) is 0 Å². The fourth-order valence-electron chi connectivity index (χ4n) is 2.87. The second-order valence-corrected chi connectivity index (χ2v) is 6.21. The molecule has 0 radical (unpaired) electrons. The minimum atomic E-state index is -0.527. The number of rotatable bonds is 5. The van der Waals surface area contributed by atoms with Gasteiger partial charge in [0.05, 0.1) is 12.2 Å². The van der Waals surface area contributed by atoms with Crippen LogP contribution in [0.5, 0.6) is 0 Å². The predicted molar refractivity (Wildman–Crippen MR) is 102 cm³/mol. The van der Waals surface area contributed by atoms with Crippen LogP contribution < -0.4 is 4.90 Å². The van der Waals surface area contributed by atoms with Crippen molar-refractivity contribution in [1.29, 1.82) is 0 Å². The Labute approximate surface area is 148 Å². The largest absolute Gasteiger partial charge is 0.389 e. The van der Waals surface area contributed by atoms with E-state index in [1.54, 1.807) is 13.8 Å². The SMILES string of the molecule is CC(O)c1cccc(N(c2ccccc2)c2cccc(C(C)O)c2)c1. The van der Waals surface area contributed by atoms with Crippen molar-refractivity contribution in [3.05, 3.63) is 90.0 Å². The van der Waals surface area contributed by atoms with Crippen LogP contribution in [0.25, 0.3) is 0 Å². The Hall–Kier alpha value is -2.62. The minimum absolute atomic E-state index is 0.527. The van der Waals surface area contributed by atoms with Crippen LogP contribution in [-0.4, -0.2) is 10.2 Å². The van der Waals surface area contributed by atoms with E-state index in [2.05, 4.69) is 4.90 Å². The molecule has 0 saturated carbocycles. The smallest absolute Gasteiger partial charge is 0.0762 e. The molecule has 3 rings (SSSR count). The van der Waals surface area contributed by atoms with Crippen molar-refractivity contribution in [2.45, 2.75) is 26.1 Å². The van der Waals surface area contributed by atoms with Crippen molar-refractivity contribution >= 4 is 17.1 Å². The lowest BCUT2D eigenvalue weighted by atomic mass is 10.1. The number of hydrogen-bond acceptors (Lipinski definition) is 3. The third-order valence-electron chi connectivity index (χ3n) is 4.24. The van der Waals surface area contributed by atoms with Gasteiger partial charge >= 0.3 is 0 Å². The molecule has 0 aliphatic rings. The molecule has 128 valence electrons. The summed E-state index contributed by atoms with van der Waals surface area (Å²) in [4.78, 5) is 2.12. The van der Waals surface area contributed by atoms with Crippen molar-refractivity contribution in [3.63, 3.8) is 0 Å². The van der Waals surface area contributed by atoms with Crippen LogP contribution in [0, 0.1) is 0 Å². The van der Waals surface area contributed by atoms with Crippen LogP contribution >= 0.6 is 0 Å². The van der Waals surface area contributed by atoms with E-state index in [9.17, 15) is 10.2 Å². The van der Waals surface area contributed by atoms with Gasteiger partial charge in [-0.15, -0.1) is 0 Å². The molecule has 3 heteroatoms. The van der Waals surface area contributed by atoms with Gasteiger partial charge in [0, 0.05) is 17.1 Å². The van der Waals surface area contributed by atoms with Gasteiger partial charge in [-0.2, -0.15) is 0 Å². The summed E-state index contributed by atoms with van der Waals surface area (Å²) in [5.74, 6) is 0. The maximum Gasteiger partial charge on any atom is 0.0762 e. The zero-order valence-electron chi connectivity index (χ0n) is 14.5. The lowest BCUT2D eigenvalue weighted by Gasteiger charge is -2.27. The standard InChI is InChI=1S/C22H23NO2/c1-16(24)18-8-6-12-21(14-18)23(20-10-4-3-5-11-20)22-13-7-9-19(15-22)17(2)25/h3-17,24-25H,1-2H3. The Morgan fingerprint density at radius 3 is 1.48 bits per heavy atom. The molecule has 0 heterocycles. The normalized spacial score (nSPS) is 13.3. The Morgan fingerprint density at radius 1 is 0.600 bits per heavy atom. The maximum atomic E-state index is 9.94. The van der Waals surface area contributed by atoms with Gasteiger partial charge in [0.1, 0.15) is 0 Å². The summed E-state index contributed by atoms with van der Waals surface area (Å²) < 4.78 is 0. The molecule has 3 aromatic rings. The van der Waals surface area contributed by atoms with E-state index < -0.39 is 12.2 Å². The lowest BCUT2D eigenvalue weighted by Crippen LogP contribution is -2.11. The summed E-state index contributed by atoms with van der Waals surface area (Å²) >= 11 is 0. The molecule has 2 atom stereocenters. The van der Waals surface area contributed by atoms with E-state index >= 15 is 0 Å². The quantitative estimate of drug-likeness (QED) is 0.669. The zero-order valence-corrected chi connectivity index (χ0v) is 14.5. The average Bonchev–Trinajstić information content (AvgIpc) is 2.63. The summed E-state index contributed by atoms with van der Waals surface area (Å²) in [6.07, 6.45) is -1.05. The first kappa shape index (κ1) is 17.2. The summed E-state index contributed by atoms with van der Waals surface area (Å²) in [5.41, 5.74) is 4.68. The fourth-order valence-corrected chi connectivity index (χ4v) is 2.87. The van der Waals surface area contributed by atoms with E-state index in [0.717, 1.165) is 28.2 Å². The number of para-hydroxylation sites is 1. The highest BCUT2D eigenvalue weighted by atomic mass is 16.3. The molecule has 0 saturated heterocycles. The summed E-state index contributed by atoms with van der Waals surface area (Å²) in [6.45, 7) is 3.53. The monoisotopic (exact) mass is 333 g/mol. The second-order valence-electron chi connectivity index (χ2n) is 6.21. The molecule has 0 aliphatic carbocycles. The van der Waals surface area contributed by atoms with Crippen molar-refractivity contribution in [3.8, 4) is 0 Å². The topological polar surface area (TPSA) is 43.7 Å². The average molecular weight is 333 g/mol. The van der Waals surface area contributed by atoms with Gasteiger partial charge in [0.25, 0.3) is 0 Å². The maximum absolute atomic E-state index is 9.94. The van der Waals surface area contributed by atoms with Gasteiger partial charge in [-0.25, -0.2) is 0 Å². The van der Waals surface area contributed by atoms with Crippen LogP contribution in [0.1, 0.15) is 37.2 Å². The van der Waals surface area contributed by atoms with E-state index in [-0.39, 0.29) is 0 Å². The van der Waals surface area contributed by atoms with Gasteiger partial charge in [-0.3, -0.25) is 0 Å². The molecule has 25 heavy (non-hydrogen) atoms. The molecule has 2 N–H and O–H groups in total. The van der Waals surface area contributed by atoms with Crippen LogP contribution in [0.15, 0.2) is 78.9 Å². The zero-order chi connectivity index (χ0) is 17.8. The molecule has 2 unspecified atom stereocenters. The van der Waals surface area contributed by atoms with E-state index in [4.69, 9.17) is 0 Å². The fraction of sp³-hybridized carbons (Fsp3) is 0.182. The molecule has 0 fully saturated rings. The summed E-state index contributed by atoms with van der Waals surface area (Å²) in [7, 11) is 0. The minimum Gasteiger partial charge on any atom is -0.389 e. The molecular weight excluding hydrogens is 310 g/mol. The molecule has 0 amide bonds. The van der Waals surface area contributed by atoms with Gasteiger partial charge < -0.3 is 15.1 Å². The Morgan fingerprint density at radius 2 is 1.04 bits per heavy atom. The van der Waals surface area contributed by atoms with Gasteiger partial charge in [0.2, 0.25) is 0 Å². The number of aliphatic hydroxyl groups is 2. The first-order chi connectivity index (χ1) is 12.1. The Kier molecular flexibility index (Phi) is 5.17. The molecule has 3 aromatic carbocycles. The van der Waals surface area contributed by atoms with Crippen molar-refractivity contribution in [2.75, 3.05) is 4.90 Å². The predicted octanol–water partition coefficient (Wildman–Crippen LogP) is 5.26. The number of benzene rings is 3. The molecule has 0 aliphatic heterocycles. The van der Waals surface area contributed by atoms with Crippen LogP contribution in [0.3, 0.4) is 0 Å². The van der Waals surface area contributed by atoms with E-state index in [1.807, 2.05) is 78.9 Å². The Balaban J connectivity index is 2.14. The molecule has 0 spiro atoms. The van der Waals surface area contributed by atoms with Gasteiger partial charge in [-0.05, 0) is 61.4 Å². The molecular formula is C22H23NO2. The third-order valence-corrected chi connectivity index (χ3v) is 4.24. The number of anilines is 3. The van der Waals surface area contributed by atoms with Gasteiger partial charge in [0.15, 0.2) is 0 Å².